The van der Waals surface area contributed by atoms with E-state index in [0.717, 1.165) is 37.0 Å². The van der Waals surface area contributed by atoms with E-state index in [1.165, 1.54) is 49.7 Å². The summed E-state index contributed by atoms with van der Waals surface area (Å²) < 4.78 is 5.58. The van der Waals surface area contributed by atoms with Crippen LogP contribution in [0.3, 0.4) is 0 Å². The second-order valence-corrected chi connectivity index (χ2v) is 5.34. The fourth-order valence-electron chi connectivity index (χ4n) is 2.85. The van der Waals surface area contributed by atoms with E-state index in [-0.39, 0.29) is 0 Å². The van der Waals surface area contributed by atoms with Crippen molar-refractivity contribution in [2.24, 2.45) is 0 Å². The summed E-state index contributed by atoms with van der Waals surface area (Å²) >= 11 is 0. The van der Waals surface area contributed by atoms with Crippen molar-refractivity contribution in [3.05, 3.63) is 28.8 Å². The fraction of sp³-hybridized carbons (Fsp3) is 0.588. The molecular formula is C17H24O2. The molecule has 2 nitrogen and oxygen atoms in total. The van der Waals surface area contributed by atoms with E-state index in [0.29, 0.717) is 0 Å². The molecule has 0 spiro atoms. The lowest BCUT2D eigenvalue weighted by Crippen LogP contribution is -1.98. The number of hydrogen-bond acceptors (Lipinski definition) is 2. The Morgan fingerprint density at radius 3 is 2.74 bits per heavy atom. The van der Waals surface area contributed by atoms with Gasteiger partial charge < -0.3 is 4.74 Å². The van der Waals surface area contributed by atoms with Crippen molar-refractivity contribution in [2.45, 2.75) is 58.3 Å². The maximum Gasteiger partial charge on any atom is 0.150 e. The Morgan fingerprint density at radius 2 is 1.95 bits per heavy atom. The molecule has 0 N–H and O–H groups in total. The Kier molecular flexibility index (Phi) is 5.44. The maximum atomic E-state index is 11.2. The van der Waals surface area contributed by atoms with Crippen molar-refractivity contribution in [3.63, 3.8) is 0 Å². The molecule has 19 heavy (non-hydrogen) atoms. The molecule has 0 saturated heterocycles. The molecule has 0 fully saturated rings. The topological polar surface area (TPSA) is 26.3 Å². The van der Waals surface area contributed by atoms with Gasteiger partial charge in [0.2, 0.25) is 0 Å². The highest BCUT2D eigenvalue weighted by Crippen LogP contribution is 2.31. The minimum atomic E-state index is 0.765. The quantitative estimate of drug-likeness (QED) is 0.513. The molecule has 104 valence electrons. The van der Waals surface area contributed by atoms with Crippen molar-refractivity contribution in [1.82, 2.24) is 0 Å². The minimum absolute atomic E-state index is 0.765. The Hall–Kier alpha value is -1.31. The summed E-state index contributed by atoms with van der Waals surface area (Å²) in [5.74, 6) is 0.992. The SMILES string of the molecule is CCCCCCCCc1c(C=O)ccc2c1CCO2. The van der Waals surface area contributed by atoms with Gasteiger partial charge in [0.1, 0.15) is 12.0 Å². The normalized spacial score (nSPS) is 13.1. The molecule has 1 aromatic carbocycles. The average molecular weight is 260 g/mol. The van der Waals surface area contributed by atoms with Gasteiger partial charge in [-0.1, -0.05) is 39.0 Å². The van der Waals surface area contributed by atoms with Gasteiger partial charge in [0, 0.05) is 17.5 Å². The van der Waals surface area contributed by atoms with Crippen LogP contribution in [0.1, 0.15) is 66.9 Å². The molecular weight excluding hydrogens is 236 g/mol. The summed E-state index contributed by atoms with van der Waals surface area (Å²) in [5.41, 5.74) is 3.37. The largest absolute Gasteiger partial charge is 0.493 e. The predicted molar refractivity (Wildman–Crippen MR) is 78.1 cm³/mol. The lowest BCUT2D eigenvalue weighted by Gasteiger charge is -2.10. The molecule has 2 rings (SSSR count). The van der Waals surface area contributed by atoms with Crippen LogP contribution in [0.25, 0.3) is 0 Å². The zero-order valence-electron chi connectivity index (χ0n) is 11.9. The first-order chi connectivity index (χ1) is 9.36. The zero-order valence-corrected chi connectivity index (χ0v) is 11.9. The maximum absolute atomic E-state index is 11.2. The second-order valence-electron chi connectivity index (χ2n) is 5.34. The monoisotopic (exact) mass is 260 g/mol. The zero-order chi connectivity index (χ0) is 13.5. The molecule has 0 aliphatic carbocycles. The Labute approximate surface area is 116 Å². The minimum Gasteiger partial charge on any atom is -0.493 e. The Morgan fingerprint density at radius 1 is 1.16 bits per heavy atom. The van der Waals surface area contributed by atoms with Crippen LogP contribution in [-0.4, -0.2) is 12.9 Å². The molecule has 0 saturated carbocycles. The number of hydrogen-bond donors (Lipinski definition) is 0. The number of benzene rings is 1. The molecule has 0 amide bonds. The summed E-state index contributed by atoms with van der Waals surface area (Å²) in [6, 6.07) is 3.85. The number of unbranched alkanes of at least 4 members (excludes halogenated alkanes) is 5. The van der Waals surface area contributed by atoms with Gasteiger partial charge in [-0.2, -0.15) is 0 Å². The van der Waals surface area contributed by atoms with E-state index in [4.69, 9.17) is 4.74 Å². The van der Waals surface area contributed by atoms with Crippen LogP contribution in [-0.2, 0) is 12.8 Å². The number of aldehydes is 1. The van der Waals surface area contributed by atoms with Crippen molar-refractivity contribution >= 4 is 6.29 Å². The molecule has 0 unspecified atom stereocenters. The highest BCUT2D eigenvalue weighted by Gasteiger charge is 2.18. The number of rotatable bonds is 8. The molecule has 1 aliphatic heterocycles. The Bertz CT molecular complexity index is 424. The first-order valence-electron chi connectivity index (χ1n) is 7.59. The van der Waals surface area contributed by atoms with Gasteiger partial charge in [0.15, 0.2) is 0 Å². The van der Waals surface area contributed by atoms with Crippen LogP contribution in [0.5, 0.6) is 5.75 Å². The predicted octanol–water partition coefficient (Wildman–Crippen LogP) is 4.34. The van der Waals surface area contributed by atoms with Crippen LogP contribution in [0, 0.1) is 0 Å². The van der Waals surface area contributed by atoms with Crippen molar-refractivity contribution in [2.75, 3.05) is 6.61 Å². The number of ether oxygens (including phenoxy) is 1. The summed E-state index contributed by atoms with van der Waals surface area (Å²) in [4.78, 5) is 11.2. The smallest absolute Gasteiger partial charge is 0.150 e. The summed E-state index contributed by atoms with van der Waals surface area (Å²) in [7, 11) is 0. The lowest BCUT2D eigenvalue weighted by atomic mass is 9.94. The molecule has 0 atom stereocenters. The van der Waals surface area contributed by atoms with Crippen molar-refractivity contribution in [3.8, 4) is 5.75 Å². The molecule has 0 bridgehead atoms. The van der Waals surface area contributed by atoms with Gasteiger partial charge in [0.25, 0.3) is 0 Å². The third-order valence-corrected chi connectivity index (χ3v) is 3.94. The summed E-state index contributed by atoms with van der Waals surface area (Å²) in [6.45, 7) is 3.00. The van der Waals surface area contributed by atoms with Gasteiger partial charge in [-0.15, -0.1) is 0 Å². The first-order valence-corrected chi connectivity index (χ1v) is 7.59. The van der Waals surface area contributed by atoms with Gasteiger partial charge in [-0.3, -0.25) is 4.79 Å². The average Bonchev–Trinajstić information content (AvgIpc) is 2.91. The van der Waals surface area contributed by atoms with Crippen molar-refractivity contribution in [1.29, 1.82) is 0 Å². The third-order valence-electron chi connectivity index (χ3n) is 3.94. The van der Waals surface area contributed by atoms with Gasteiger partial charge in [0.05, 0.1) is 6.61 Å². The van der Waals surface area contributed by atoms with Gasteiger partial charge >= 0.3 is 0 Å². The van der Waals surface area contributed by atoms with Crippen LogP contribution < -0.4 is 4.74 Å². The van der Waals surface area contributed by atoms with Crippen LogP contribution in [0.15, 0.2) is 12.1 Å². The van der Waals surface area contributed by atoms with E-state index in [1.54, 1.807) is 0 Å². The van der Waals surface area contributed by atoms with Gasteiger partial charge in [-0.25, -0.2) is 0 Å². The number of carbonyl (C=O) groups excluding carboxylic acids is 1. The highest BCUT2D eigenvalue weighted by molar-refractivity contribution is 5.79. The summed E-state index contributed by atoms with van der Waals surface area (Å²) in [6.07, 6.45) is 10.7. The summed E-state index contributed by atoms with van der Waals surface area (Å²) in [5, 5.41) is 0. The lowest BCUT2D eigenvalue weighted by molar-refractivity contribution is 0.112. The fourth-order valence-corrected chi connectivity index (χ4v) is 2.85. The molecule has 0 radical (unpaired) electrons. The molecule has 0 aromatic heterocycles. The number of carbonyl (C=O) groups is 1. The molecule has 2 heteroatoms. The molecule has 1 heterocycles. The van der Waals surface area contributed by atoms with Gasteiger partial charge in [-0.05, 0) is 30.5 Å². The van der Waals surface area contributed by atoms with E-state index >= 15 is 0 Å². The van der Waals surface area contributed by atoms with Crippen LogP contribution in [0.2, 0.25) is 0 Å². The highest BCUT2D eigenvalue weighted by atomic mass is 16.5. The molecule has 1 aromatic rings. The Balaban J connectivity index is 1.92. The standard InChI is InChI=1S/C17H24O2/c1-2-3-4-5-6-7-8-15-14(13-18)9-10-17-16(15)11-12-19-17/h9-10,13H,2-8,11-12H2,1H3. The van der Waals surface area contributed by atoms with Crippen LogP contribution >= 0.6 is 0 Å². The van der Waals surface area contributed by atoms with E-state index in [9.17, 15) is 4.79 Å². The second kappa shape index (κ2) is 7.32. The van der Waals surface area contributed by atoms with E-state index in [1.807, 2.05) is 12.1 Å². The van der Waals surface area contributed by atoms with Crippen molar-refractivity contribution < 1.29 is 9.53 Å². The van der Waals surface area contributed by atoms with Crippen LogP contribution in [0.4, 0.5) is 0 Å². The number of fused-ring (bicyclic) bond motifs is 1. The van der Waals surface area contributed by atoms with E-state index < -0.39 is 0 Å². The van der Waals surface area contributed by atoms with E-state index in [2.05, 4.69) is 6.92 Å². The molecule has 1 aliphatic rings. The first kappa shape index (κ1) is 14.1. The third kappa shape index (κ3) is 3.59.